The SMILES string of the molecule is Cc1cccc(C)c1COc1ccccc1CCC(=O)O. The second kappa shape index (κ2) is 6.93. The van der Waals surface area contributed by atoms with Crippen LogP contribution in [0.1, 0.15) is 28.7 Å². The van der Waals surface area contributed by atoms with Crippen LogP contribution in [-0.4, -0.2) is 11.1 Å². The van der Waals surface area contributed by atoms with E-state index in [0.29, 0.717) is 13.0 Å². The molecule has 21 heavy (non-hydrogen) atoms. The number of para-hydroxylation sites is 1. The first kappa shape index (κ1) is 15.1. The summed E-state index contributed by atoms with van der Waals surface area (Å²) in [4.78, 5) is 10.7. The molecule has 0 fully saturated rings. The van der Waals surface area contributed by atoms with Gasteiger partial charge < -0.3 is 9.84 Å². The van der Waals surface area contributed by atoms with Crippen molar-refractivity contribution in [3.05, 3.63) is 64.7 Å². The van der Waals surface area contributed by atoms with Gasteiger partial charge in [-0.1, -0.05) is 36.4 Å². The van der Waals surface area contributed by atoms with Gasteiger partial charge in [-0.3, -0.25) is 4.79 Å². The molecule has 3 nitrogen and oxygen atoms in total. The van der Waals surface area contributed by atoms with Crippen LogP contribution in [0.15, 0.2) is 42.5 Å². The Morgan fingerprint density at radius 1 is 1.05 bits per heavy atom. The van der Waals surface area contributed by atoms with Gasteiger partial charge in [0.05, 0.1) is 0 Å². The Kier molecular flexibility index (Phi) is 4.99. The van der Waals surface area contributed by atoms with E-state index in [-0.39, 0.29) is 6.42 Å². The molecule has 2 rings (SSSR count). The molecule has 0 unspecified atom stereocenters. The average molecular weight is 284 g/mol. The van der Waals surface area contributed by atoms with Crippen molar-refractivity contribution in [1.82, 2.24) is 0 Å². The summed E-state index contributed by atoms with van der Waals surface area (Å²) in [6.07, 6.45) is 0.599. The minimum atomic E-state index is -0.792. The highest BCUT2D eigenvalue weighted by Crippen LogP contribution is 2.22. The molecule has 3 heteroatoms. The van der Waals surface area contributed by atoms with E-state index in [1.165, 1.54) is 16.7 Å². The molecule has 0 heterocycles. The summed E-state index contributed by atoms with van der Waals surface area (Å²) >= 11 is 0. The van der Waals surface area contributed by atoms with Crippen LogP contribution in [0.5, 0.6) is 5.75 Å². The fraction of sp³-hybridized carbons (Fsp3) is 0.278. The van der Waals surface area contributed by atoms with Gasteiger partial charge >= 0.3 is 5.97 Å². The first-order valence-corrected chi connectivity index (χ1v) is 7.05. The molecule has 0 saturated heterocycles. The minimum Gasteiger partial charge on any atom is -0.489 e. The Hall–Kier alpha value is -2.29. The monoisotopic (exact) mass is 284 g/mol. The zero-order valence-electron chi connectivity index (χ0n) is 12.4. The van der Waals surface area contributed by atoms with E-state index in [0.717, 1.165) is 11.3 Å². The fourth-order valence-electron chi connectivity index (χ4n) is 2.32. The first-order valence-electron chi connectivity index (χ1n) is 7.05. The molecular formula is C18H20O3. The van der Waals surface area contributed by atoms with Crippen molar-refractivity contribution >= 4 is 5.97 Å². The number of carbonyl (C=O) groups is 1. The van der Waals surface area contributed by atoms with E-state index in [1.54, 1.807) is 0 Å². The number of carboxylic acid groups (broad SMARTS) is 1. The third-order valence-corrected chi connectivity index (χ3v) is 3.60. The highest BCUT2D eigenvalue weighted by Gasteiger charge is 2.08. The van der Waals surface area contributed by atoms with Gasteiger partial charge in [-0.2, -0.15) is 0 Å². The molecule has 0 aliphatic rings. The van der Waals surface area contributed by atoms with Gasteiger partial charge in [0.25, 0.3) is 0 Å². The Morgan fingerprint density at radius 3 is 2.38 bits per heavy atom. The van der Waals surface area contributed by atoms with E-state index in [4.69, 9.17) is 9.84 Å². The Labute approximate surface area is 125 Å². The van der Waals surface area contributed by atoms with E-state index in [1.807, 2.05) is 30.3 Å². The van der Waals surface area contributed by atoms with Crippen LogP contribution in [0.3, 0.4) is 0 Å². The van der Waals surface area contributed by atoms with Crippen molar-refractivity contribution < 1.29 is 14.6 Å². The van der Waals surface area contributed by atoms with Crippen molar-refractivity contribution in [2.75, 3.05) is 0 Å². The van der Waals surface area contributed by atoms with Crippen molar-refractivity contribution in [2.45, 2.75) is 33.3 Å². The molecule has 0 bridgehead atoms. The van der Waals surface area contributed by atoms with Crippen molar-refractivity contribution in [3.63, 3.8) is 0 Å². The quantitative estimate of drug-likeness (QED) is 0.875. The second-order valence-electron chi connectivity index (χ2n) is 5.16. The number of hydrogen-bond acceptors (Lipinski definition) is 2. The van der Waals surface area contributed by atoms with Crippen molar-refractivity contribution in [3.8, 4) is 5.75 Å². The Balaban J connectivity index is 2.11. The average Bonchev–Trinajstić information content (AvgIpc) is 2.45. The van der Waals surface area contributed by atoms with Crippen LogP contribution in [0.25, 0.3) is 0 Å². The molecule has 0 radical (unpaired) electrons. The lowest BCUT2D eigenvalue weighted by Crippen LogP contribution is -2.04. The Bertz CT molecular complexity index is 612. The summed E-state index contributed by atoms with van der Waals surface area (Å²) in [5.41, 5.74) is 4.53. The van der Waals surface area contributed by atoms with Gasteiger partial charge in [0, 0.05) is 6.42 Å². The summed E-state index contributed by atoms with van der Waals surface area (Å²) < 4.78 is 5.92. The zero-order valence-corrected chi connectivity index (χ0v) is 12.4. The highest BCUT2D eigenvalue weighted by atomic mass is 16.5. The molecule has 0 aliphatic carbocycles. The number of ether oxygens (including phenoxy) is 1. The molecular weight excluding hydrogens is 264 g/mol. The van der Waals surface area contributed by atoms with Gasteiger partial charge in [0.1, 0.15) is 12.4 Å². The number of rotatable bonds is 6. The van der Waals surface area contributed by atoms with Crippen molar-refractivity contribution in [1.29, 1.82) is 0 Å². The van der Waals surface area contributed by atoms with E-state index in [9.17, 15) is 4.79 Å². The summed E-state index contributed by atoms with van der Waals surface area (Å²) in [7, 11) is 0. The number of benzene rings is 2. The smallest absolute Gasteiger partial charge is 0.303 e. The summed E-state index contributed by atoms with van der Waals surface area (Å²) in [5.74, 6) is -0.0269. The maximum Gasteiger partial charge on any atom is 0.303 e. The molecule has 0 aliphatic heterocycles. The number of hydrogen-bond donors (Lipinski definition) is 1. The molecule has 0 spiro atoms. The first-order chi connectivity index (χ1) is 10.1. The minimum absolute atomic E-state index is 0.115. The lowest BCUT2D eigenvalue weighted by molar-refractivity contribution is -0.136. The molecule has 2 aromatic carbocycles. The van der Waals surface area contributed by atoms with Crippen LogP contribution < -0.4 is 4.74 Å². The van der Waals surface area contributed by atoms with Gasteiger partial charge in [0.2, 0.25) is 0 Å². The van der Waals surface area contributed by atoms with Crippen LogP contribution >= 0.6 is 0 Å². The second-order valence-corrected chi connectivity index (χ2v) is 5.16. The van der Waals surface area contributed by atoms with E-state index in [2.05, 4.69) is 26.0 Å². The normalized spacial score (nSPS) is 10.4. The molecule has 110 valence electrons. The predicted molar refractivity (Wildman–Crippen MR) is 82.6 cm³/mol. The predicted octanol–water partition coefficient (Wildman–Crippen LogP) is 3.90. The summed E-state index contributed by atoms with van der Waals surface area (Å²) in [6.45, 7) is 4.65. The number of aliphatic carboxylic acids is 1. The fourth-order valence-corrected chi connectivity index (χ4v) is 2.32. The van der Waals surface area contributed by atoms with Crippen LogP contribution in [-0.2, 0) is 17.8 Å². The summed E-state index contributed by atoms with van der Waals surface area (Å²) in [5, 5.41) is 8.81. The third kappa shape index (κ3) is 4.09. The summed E-state index contributed by atoms with van der Waals surface area (Å²) in [6, 6.07) is 13.8. The molecule has 0 atom stereocenters. The molecule has 0 saturated carbocycles. The lowest BCUT2D eigenvalue weighted by Gasteiger charge is -2.14. The van der Waals surface area contributed by atoms with Gasteiger partial charge in [-0.05, 0) is 48.6 Å². The zero-order chi connectivity index (χ0) is 15.2. The highest BCUT2D eigenvalue weighted by molar-refractivity contribution is 5.67. The Morgan fingerprint density at radius 2 is 1.71 bits per heavy atom. The molecule has 0 aromatic heterocycles. The van der Waals surface area contributed by atoms with Gasteiger partial charge in [-0.15, -0.1) is 0 Å². The van der Waals surface area contributed by atoms with Crippen LogP contribution in [0.4, 0.5) is 0 Å². The molecule has 0 amide bonds. The number of aryl methyl sites for hydroxylation is 3. The maximum atomic E-state index is 10.7. The maximum absolute atomic E-state index is 10.7. The number of carboxylic acids is 1. The standard InChI is InChI=1S/C18H20O3/c1-13-6-5-7-14(2)16(13)12-21-17-9-4-3-8-15(17)10-11-18(19)20/h3-9H,10-12H2,1-2H3,(H,19,20). The van der Waals surface area contributed by atoms with Crippen LogP contribution in [0, 0.1) is 13.8 Å². The van der Waals surface area contributed by atoms with Crippen LogP contribution in [0.2, 0.25) is 0 Å². The van der Waals surface area contributed by atoms with E-state index >= 15 is 0 Å². The van der Waals surface area contributed by atoms with Crippen molar-refractivity contribution in [2.24, 2.45) is 0 Å². The largest absolute Gasteiger partial charge is 0.489 e. The van der Waals surface area contributed by atoms with Gasteiger partial charge in [0.15, 0.2) is 0 Å². The van der Waals surface area contributed by atoms with E-state index < -0.39 is 5.97 Å². The van der Waals surface area contributed by atoms with Gasteiger partial charge in [-0.25, -0.2) is 0 Å². The topological polar surface area (TPSA) is 46.5 Å². The lowest BCUT2D eigenvalue weighted by atomic mass is 10.0. The molecule has 1 N–H and O–H groups in total. The molecule has 2 aromatic rings. The third-order valence-electron chi connectivity index (χ3n) is 3.60.